The zero-order valence-corrected chi connectivity index (χ0v) is 24.2. The van der Waals surface area contributed by atoms with Crippen molar-refractivity contribution in [1.82, 2.24) is 20.3 Å². The van der Waals surface area contributed by atoms with Crippen molar-refractivity contribution >= 4 is 35.6 Å². The van der Waals surface area contributed by atoms with Gasteiger partial charge in [-0.05, 0) is 69.5 Å². The number of esters is 1. The molecule has 43 heavy (non-hydrogen) atoms. The molecule has 1 fully saturated rings. The maximum atomic E-state index is 15.0. The molecular formula is C30H35N6O7+. The molecule has 1 heterocycles. The van der Waals surface area contributed by atoms with Crippen LogP contribution in [0.3, 0.4) is 0 Å². The Kier molecular flexibility index (Phi) is 9.70. The monoisotopic (exact) mass is 591 g/mol. The molecule has 0 bridgehead atoms. The van der Waals surface area contributed by atoms with Crippen LogP contribution in [0.5, 0.6) is 5.75 Å². The highest BCUT2D eigenvalue weighted by Gasteiger charge is 2.39. The Morgan fingerprint density at radius 3 is 2.49 bits per heavy atom. The van der Waals surface area contributed by atoms with Gasteiger partial charge in [0.15, 0.2) is 19.2 Å². The number of nitrogens with one attached hydrogen (secondary N) is 3. The second-order valence-corrected chi connectivity index (χ2v) is 10.1. The summed E-state index contributed by atoms with van der Waals surface area (Å²) in [7, 11) is 0. The molecule has 13 heteroatoms. The summed E-state index contributed by atoms with van der Waals surface area (Å²) >= 11 is 0. The number of phenols is 1. The van der Waals surface area contributed by atoms with E-state index in [4.69, 9.17) is 14.9 Å². The van der Waals surface area contributed by atoms with Crippen LogP contribution < -0.4 is 20.7 Å². The maximum absolute atomic E-state index is 15.0. The van der Waals surface area contributed by atoms with Crippen LogP contribution in [0.25, 0.3) is 0 Å². The van der Waals surface area contributed by atoms with Crippen LogP contribution in [-0.4, -0.2) is 66.2 Å². The number of hydrogen-bond donors (Lipinski definition) is 5. The molecule has 1 saturated carbocycles. The molecule has 0 spiro atoms. The van der Waals surface area contributed by atoms with Crippen molar-refractivity contribution in [1.29, 1.82) is 0 Å². The first-order chi connectivity index (χ1) is 20.6. The Labute approximate surface area is 248 Å². The number of nitrogens with two attached hydrogens (primary N) is 1. The van der Waals surface area contributed by atoms with Gasteiger partial charge in [-0.3, -0.25) is 19.7 Å². The van der Waals surface area contributed by atoms with E-state index in [0.29, 0.717) is 23.2 Å². The number of phenolic OH excluding ortho intramolecular Hbond substituents is 1. The molecule has 226 valence electrons. The van der Waals surface area contributed by atoms with Crippen molar-refractivity contribution in [2.24, 2.45) is 4.99 Å². The first-order valence-electron chi connectivity index (χ1n) is 13.7. The number of carbonyl (C=O) groups excluding carboxylic acids is 3. The normalized spacial score (nSPS) is 14.5. The number of benzene rings is 2. The first kappa shape index (κ1) is 31.1. The first-order valence-corrected chi connectivity index (χ1v) is 13.7. The number of H-pyrrole nitrogens is 1. The fourth-order valence-electron chi connectivity index (χ4n) is 4.45. The Balaban J connectivity index is 1.70. The van der Waals surface area contributed by atoms with Gasteiger partial charge in [0.05, 0.1) is 11.1 Å². The van der Waals surface area contributed by atoms with Crippen molar-refractivity contribution in [2.45, 2.75) is 39.7 Å². The number of rotatable bonds is 12. The molecule has 1 aromatic heterocycles. The minimum Gasteiger partial charge on any atom is -0.617 e. The van der Waals surface area contributed by atoms with Crippen LogP contribution in [0.4, 0.5) is 5.69 Å². The number of carbonyl (C=O) groups is 3. The standard InChI is InChI=1S/C30H34N6O7/c1-4-32-29(39)24-14-33-26(19(24)3)27(34-15-31)36(41,16-42-17-43-30(40)20-7-11-23(37)12-8-20)25-13-21(6-5-18(25)2)28(38)35-22-9-10-22/h5-8,11-15,22,31,33,37H,4,9-10,16-17H2,1-3H3,(H,32,39)(H,35,38)/p+1. The SMILES string of the molecule is CCNC(=O)c1c[nH]c(C(=NC=[NH2+])[N+]([O-])(COCOC(=O)c2ccc(O)cc2)c2cc(C(=O)NC3CC3)ccc2C)c1C. The number of aryl methyl sites for hydroxylation is 1. The highest BCUT2D eigenvalue weighted by atomic mass is 16.7. The van der Waals surface area contributed by atoms with E-state index in [2.05, 4.69) is 20.6 Å². The number of hydroxylamine groups is 2. The predicted molar refractivity (Wildman–Crippen MR) is 159 cm³/mol. The summed E-state index contributed by atoms with van der Waals surface area (Å²) < 4.78 is 9.43. The van der Waals surface area contributed by atoms with Gasteiger partial charge in [-0.1, -0.05) is 6.07 Å². The summed E-state index contributed by atoms with van der Waals surface area (Å²) in [6.45, 7) is 4.34. The van der Waals surface area contributed by atoms with E-state index in [-0.39, 0.29) is 51.9 Å². The topological polar surface area (TPSA) is 191 Å². The molecule has 6 N–H and O–H groups in total. The largest absolute Gasteiger partial charge is 0.617 e. The second kappa shape index (κ2) is 13.4. The number of amidine groups is 1. The van der Waals surface area contributed by atoms with Gasteiger partial charge in [0.2, 0.25) is 0 Å². The van der Waals surface area contributed by atoms with Crippen LogP contribution in [-0.2, 0) is 9.47 Å². The summed E-state index contributed by atoms with van der Waals surface area (Å²) in [6.07, 6.45) is 4.21. The van der Waals surface area contributed by atoms with Gasteiger partial charge in [-0.25, -0.2) is 9.44 Å². The smallest absolute Gasteiger partial charge is 0.365 e. The fourth-order valence-corrected chi connectivity index (χ4v) is 4.45. The minimum absolute atomic E-state index is 0.0110. The lowest BCUT2D eigenvalue weighted by Crippen LogP contribution is -2.52. The number of quaternary nitrogens is 1. The lowest BCUT2D eigenvalue weighted by atomic mass is 10.1. The number of aromatic hydroxyl groups is 1. The van der Waals surface area contributed by atoms with E-state index in [1.807, 2.05) is 0 Å². The van der Waals surface area contributed by atoms with Gasteiger partial charge < -0.3 is 30.7 Å². The summed E-state index contributed by atoms with van der Waals surface area (Å²) in [6, 6.07) is 10.3. The Morgan fingerprint density at radius 1 is 1.14 bits per heavy atom. The predicted octanol–water partition coefficient (Wildman–Crippen LogP) is 1.81. The third-order valence-electron chi connectivity index (χ3n) is 6.91. The lowest BCUT2D eigenvalue weighted by Gasteiger charge is -2.39. The van der Waals surface area contributed by atoms with E-state index < -0.39 is 24.1 Å². The van der Waals surface area contributed by atoms with Crippen LogP contribution in [0.15, 0.2) is 53.7 Å². The highest BCUT2D eigenvalue weighted by Crippen LogP contribution is 2.32. The third-order valence-corrected chi connectivity index (χ3v) is 6.91. The summed E-state index contributed by atoms with van der Waals surface area (Å²) in [4.78, 5) is 45.2. The maximum Gasteiger partial charge on any atom is 0.365 e. The van der Waals surface area contributed by atoms with Crippen LogP contribution >= 0.6 is 0 Å². The highest BCUT2D eigenvalue weighted by molar-refractivity contribution is 6.11. The number of hydrogen-bond acceptors (Lipinski definition) is 7. The van der Waals surface area contributed by atoms with Crippen molar-refractivity contribution in [3.05, 3.63) is 87.4 Å². The second-order valence-electron chi connectivity index (χ2n) is 10.1. The molecule has 0 saturated heterocycles. The van der Waals surface area contributed by atoms with Gasteiger partial charge in [-0.2, -0.15) is 0 Å². The van der Waals surface area contributed by atoms with Gasteiger partial charge in [0.25, 0.3) is 18.2 Å². The van der Waals surface area contributed by atoms with Crippen LogP contribution in [0.2, 0.25) is 0 Å². The molecule has 1 unspecified atom stereocenters. The molecule has 3 aromatic rings. The number of amides is 2. The Bertz CT molecular complexity index is 1540. The molecule has 2 aromatic carbocycles. The number of nitrogens with zero attached hydrogens (tertiary/aromatic N) is 2. The van der Waals surface area contributed by atoms with Crippen LogP contribution in [0, 0.1) is 19.1 Å². The summed E-state index contributed by atoms with van der Waals surface area (Å²) in [5.41, 5.74) is 2.09. The molecule has 0 radical (unpaired) electrons. The van der Waals surface area contributed by atoms with Crippen molar-refractivity contribution in [2.75, 3.05) is 20.1 Å². The molecule has 1 aliphatic rings. The molecule has 4 rings (SSSR count). The Hall–Kier alpha value is -4.85. The summed E-state index contributed by atoms with van der Waals surface area (Å²) in [5, 5.41) is 35.8. The van der Waals surface area contributed by atoms with E-state index in [9.17, 15) is 19.5 Å². The zero-order chi connectivity index (χ0) is 31.1. The average Bonchev–Trinajstić information content (AvgIpc) is 3.72. The van der Waals surface area contributed by atoms with Gasteiger partial charge in [0, 0.05) is 41.0 Å². The van der Waals surface area contributed by atoms with E-state index in [0.717, 1.165) is 19.2 Å². The van der Waals surface area contributed by atoms with Crippen molar-refractivity contribution < 1.29 is 34.4 Å². The minimum atomic E-state index is -1.38. The lowest BCUT2D eigenvalue weighted by molar-refractivity contribution is -0.106. The molecular weight excluding hydrogens is 556 g/mol. The average molecular weight is 592 g/mol. The third kappa shape index (κ3) is 7.15. The van der Waals surface area contributed by atoms with E-state index in [1.165, 1.54) is 36.5 Å². The fraction of sp³-hybridized carbons (Fsp3) is 0.300. The van der Waals surface area contributed by atoms with Gasteiger partial charge >= 0.3 is 11.8 Å². The van der Waals surface area contributed by atoms with E-state index in [1.54, 1.807) is 32.9 Å². The molecule has 2 amide bonds. The molecule has 1 aliphatic carbocycles. The van der Waals surface area contributed by atoms with Crippen molar-refractivity contribution in [3.8, 4) is 5.75 Å². The molecule has 13 nitrogen and oxygen atoms in total. The van der Waals surface area contributed by atoms with Crippen LogP contribution in [0.1, 0.15) is 67.7 Å². The number of ether oxygens (including phenoxy) is 2. The van der Waals surface area contributed by atoms with E-state index >= 15 is 5.21 Å². The van der Waals surface area contributed by atoms with Crippen molar-refractivity contribution in [3.63, 3.8) is 0 Å². The number of aromatic amines is 1. The number of aliphatic imine (C=N–C) groups is 1. The molecule has 0 aliphatic heterocycles. The van der Waals surface area contributed by atoms with Gasteiger partial charge in [-0.15, -0.1) is 0 Å². The summed E-state index contributed by atoms with van der Waals surface area (Å²) in [5.74, 6) is -1.55. The quantitative estimate of drug-likeness (QED) is 0.0403. The Morgan fingerprint density at radius 2 is 1.84 bits per heavy atom. The van der Waals surface area contributed by atoms with Gasteiger partial charge in [0.1, 0.15) is 11.4 Å². The number of aromatic nitrogens is 1. The molecule has 1 atom stereocenters. The zero-order valence-electron chi connectivity index (χ0n) is 24.2.